The number of nitrogens with zero attached hydrogens (tertiary/aromatic N) is 2. The predicted molar refractivity (Wildman–Crippen MR) is 85.2 cm³/mol. The summed E-state index contributed by atoms with van der Waals surface area (Å²) in [5.41, 5.74) is 4.25. The van der Waals surface area contributed by atoms with Gasteiger partial charge in [0.25, 0.3) is 0 Å². The summed E-state index contributed by atoms with van der Waals surface area (Å²) in [5, 5.41) is 0. The fraction of sp³-hybridized carbons (Fsp3) is 0.333. The SMILES string of the molecule is CCC(=O)c1ccc(N2c3ccccc3CCC2C)cn1. The van der Waals surface area contributed by atoms with Crippen LogP contribution in [0, 0.1) is 0 Å². The van der Waals surface area contributed by atoms with Crippen molar-refractivity contribution in [3.63, 3.8) is 0 Å². The summed E-state index contributed by atoms with van der Waals surface area (Å²) >= 11 is 0. The average molecular weight is 280 g/mol. The molecule has 0 amide bonds. The van der Waals surface area contributed by atoms with Gasteiger partial charge in [-0.05, 0) is 43.5 Å². The fourth-order valence-corrected chi connectivity index (χ4v) is 2.96. The van der Waals surface area contributed by atoms with E-state index in [1.165, 1.54) is 11.3 Å². The minimum atomic E-state index is 0.0913. The van der Waals surface area contributed by atoms with Crippen LogP contribution in [-0.2, 0) is 6.42 Å². The van der Waals surface area contributed by atoms with E-state index in [1.807, 2.05) is 25.3 Å². The van der Waals surface area contributed by atoms with E-state index < -0.39 is 0 Å². The van der Waals surface area contributed by atoms with E-state index in [2.05, 4.69) is 41.1 Å². The Kier molecular flexibility index (Phi) is 3.74. The monoisotopic (exact) mass is 280 g/mol. The molecule has 0 N–H and O–H groups in total. The molecule has 108 valence electrons. The molecule has 0 radical (unpaired) electrons. The van der Waals surface area contributed by atoms with Gasteiger partial charge < -0.3 is 4.90 Å². The highest BCUT2D eigenvalue weighted by Gasteiger charge is 2.24. The van der Waals surface area contributed by atoms with Crippen molar-refractivity contribution in [1.82, 2.24) is 4.98 Å². The van der Waals surface area contributed by atoms with Crippen LogP contribution in [0.5, 0.6) is 0 Å². The normalized spacial score (nSPS) is 17.4. The Hall–Kier alpha value is -2.16. The van der Waals surface area contributed by atoms with Gasteiger partial charge in [-0.3, -0.25) is 9.78 Å². The highest BCUT2D eigenvalue weighted by molar-refractivity contribution is 5.94. The largest absolute Gasteiger partial charge is 0.337 e. The van der Waals surface area contributed by atoms with Crippen LogP contribution >= 0.6 is 0 Å². The molecule has 1 aliphatic heterocycles. The average Bonchev–Trinajstić information content (AvgIpc) is 2.54. The van der Waals surface area contributed by atoms with Gasteiger partial charge in [0, 0.05) is 18.2 Å². The van der Waals surface area contributed by atoms with Gasteiger partial charge >= 0.3 is 0 Å². The van der Waals surface area contributed by atoms with Gasteiger partial charge in [0.15, 0.2) is 5.78 Å². The maximum Gasteiger partial charge on any atom is 0.180 e. The Balaban J connectivity index is 1.98. The molecular weight excluding hydrogens is 260 g/mol. The topological polar surface area (TPSA) is 33.2 Å². The maximum absolute atomic E-state index is 11.7. The summed E-state index contributed by atoms with van der Waals surface area (Å²) in [5.74, 6) is 0.0913. The van der Waals surface area contributed by atoms with Crippen LogP contribution in [0.2, 0.25) is 0 Å². The van der Waals surface area contributed by atoms with Gasteiger partial charge in [0.1, 0.15) is 5.69 Å². The second-order valence-corrected chi connectivity index (χ2v) is 5.56. The van der Waals surface area contributed by atoms with Crippen molar-refractivity contribution in [1.29, 1.82) is 0 Å². The van der Waals surface area contributed by atoms with Crippen molar-refractivity contribution in [2.45, 2.75) is 39.2 Å². The molecule has 0 fully saturated rings. The van der Waals surface area contributed by atoms with E-state index in [4.69, 9.17) is 0 Å². The molecule has 1 aliphatic rings. The van der Waals surface area contributed by atoms with E-state index in [0.29, 0.717) is 18.2 Å². The van der Waals surface area contributed by atoms with Crippen LogP contribution in [0.3, 0.4) is 0 Å². The van der Waals surface area contributed by atoms with Crippen molar-refractivity contribution < 1.29 is 4.79 Å². The minimum absolute atomic E-state index is 0.0913. The van der Waals surface area contributed by atoms with Gasteiger partial charge in [-0.25, -0.2) is 0 Å². The first kappa shape index (κ1) is 13.8. The molecule has 21 heavy (non-hydrogen) atoms. The van der Waals surface area contributed by atoms with Crippen LogP contribution in [0.4, 0.5) is 11.4 Å². The number of carbonyl (C=O) groups excluding carboxylic acids is 1. The lowest BCUT2D eigenvalue weighted by Gasteiger charge is -2.37. The molecule has 0 aliphatic carbocycles. The van der Waals surface area contributed by atoms with Crippen molar-refractivity contribution >= 4 is 17.2 Å². The molecule has 2 aromatic rings. The Morgan fingerprint density at radius 3 is 2.81 bits per heavy atom. The predicted octanol–water partition coefficient (Wildman–Crippen LogP) is 4.15. The molecule has 3 nitrogen and oxygen atoms in total. The first-order valence-electron chi connectivity index (χ1n) is 7.57. The highest BCUT2D eigenvalue weighted by Crippen LogP contribution is 2.36. The number of aryl methyl sites for hydroxylation is 1. The molecule has 3 rings (SSSR count). The number of Topliss-reactive ketones (excluding diaryl/α,β-unsaturated/α-hetero) is 1. The summed E-state index contributed by atoms with van der Waals surface area (Å²) in [6.45, 7) is 4.10. The fourth-order valence-electron chi connectivity index (χ4n) is 2.96. The van der Waals surface area contributed by atoms with Gasteiger partial charge in [-0.1, -0.05) is 25.1 Å². The number of fused-ring (bicyclic) bond motifs is 1. The van der Waals surface area contributed by atoms with Crippen LogP contribution in [0.15, 0.2) is 42.6 Å². The molecule has 0 saturated carbocycles. The lowest BCUT2D eigenvalue weighted by molar-refractivity contribution is 0.0983. The number of anilines is 2. The van der Waals surface area contributed by atoms with E-state index >= 15 is 0 Å². The van der Waals surface area contributed by atoms with Gasteiger partial charge in [0.05, 0.1) is 11.9 Å². The third kappa shape index (κ3) is 2.56. The quantitative estimate of drug-likeness (QED) is 0.792. The number of benzene rings is 1. The number of hydrogen-bond acceptors (Lipinski definition) is 3. The molecule has 0 saturated heterocycles. The van der Waals surface area contributed by atoms with E-state index in [0.717, 1.165) is 18.5 Å². The number of carbonyl (C=O) groups is 1. The van der Waals surface area contributed by atoms with Crippen LogP contribution in [0.1, 0.15) is 42.7 Å². The summed E-state index contributed by atoms with van der Waals surface area (Å²) in [6.07, 6.45) is 4.57. The summed E-state index contributed by atoms with van der Waals surface area (Å²) in [7, 11) is 0. The zero-order valence-corrected chi connectivity index (χ0v) is 12.5. The molecule has 1 aromatic heterocycles. The lowest BCUT2D eigenvalue weighted by atomic mass is 9.96. The smallest absolute Gasteiger partial charge is 0.180 e. The van der Waals surface area contributed by atoms with E-state index in [9.17, 15) is 4.79 Å². The summed E-state index contributed by atoms with van der Waals surface area (Å²) in [6, 6.07) is 12.8. The van der Waals surface area contributed by atoms with Crippen LogP contribution < -0.4 is 4.90 Å². The van der Waals surface area contributed by atoms with Crippen LogP contribution in [0.25, 0.3) is 0 Å². The zero-order chi connectivity index (χ0) is 14.8. The van der Waals surface area contributed by atoms with Gasteiger partial charge in [-0.15, -0.1) is 0 Å². The maximum atomic E-state index is 11.7. The van der Waals surface area contributed by atoms with Gasteiger partial charge in [-0.2, -0.15) is 0 Å². The number of pyridine rings is 1. The minimum Gasteiger partial charge on any atom is -0.337 e. The van der Waals surface area contributed by atoms with E-state index in [-0.39, 0.29) is 5.78 Å². The first-order valence-corrected chi connectivity index (χ1v) is 7.57. The Morgan fingerprint density at radius 2 is 2.10 bits per heavy atom. The molecule has 3 heteroatoms. The van der Waals surface area contributed by atoms with Crippen molar-refractivity contribution in [2.75, 3.05) is 4.90 Å². The first-order chi connectivity index (χ1) is 10.2. The third-order valence-corrected chi connectivity index (χ3v) is 4.16. The zero-order valence-electron chi connectivity index (χ0n) is 12.5. The molecule has 2 heterocycles. The summed E-state index contributed by atoms with van der Waals surface area (Å²) in [4.78, 5) is 18.4. The molecule has 1 unspecified atom stereocenters. The second kappa shape index (κ2) is 5.68. The highest BCUT2D eigenvalue weighted by atomic mass is 16.1. The van der Waals surface area contributed by atoms with Crippen molar-refractivity contribution in [3.8, 4) is 0 Å². The number of ketones is 1. The third-order valence-electron chi connectivity index (χ3n) is 4.16. The molecule has 1 atom stereocenters. The van der Waals surface area contributed by atoms with Crippen LogP contribution in [-0.4, -0.2) is 16.8 Å². The van der Waals surface area contributed by atoms with Crippen molar-refractivity contribution in [2.24, 2.45) is 0 Å². The number of aromatic nitrogens is 1. The number of para-hydroxylation sites is 1. The van der Waals surface area contributed by atoms with Gasteiger partial charge in [0.2, 0.25) is 0 Å². The Labute approximate surface area is 125 Å². The lowest BCUT2D eigenvalue weighted by Crippen LogP contribution is -2.33. The number of hydrogen-bond donors (Lipinski definition) is 0. The van der Waals surface area contributed by atoms with E-state index in [1.54, 1.807) is 0 Å². The Bertz CT molecular complexity index is 649. The molecule has 0 bridgehead atoms. The molecular formula is C18H20N2O. The Morgan fingerprint density at radius 1 is 1.29 bits per heavy atom. The summed E-state index contributed by atoms with van der Waals surface area (Å²) < 4.78 is 0. The second-order valence-electron chi connectivity index (χ2n) is 5.56. The standard InChI is InChI=1S/C18H20N2O/c1-3-18(21)16-11-10-15(12-19-16)20-13(2)8-9-14-6-4-5-7-17(14)20/h4-7,10-13H,3,8-9H2,1-2H3. The number of rotatable bonds is 3. The molecule has 1 aromatic carbocycles. The molecule has 0 spiro atoms. The van der Waals surface area contributed by atoms with Crippen molar-refractivity contribution in [3.05, 3.63) is 53.9 Å².